The standard InChI is InChI=1S/C9H10BrN3/c1-13(4-2-3-11)9-5-8(10)6-12-7-9/h5-7H,2,4H2,1H3. The van der Waals surface area contributed by atoms with Crippen LogP contribution in [0.3, 0.4) is 0 Å². The molecule has 0 aromatic carbocycles. The number of halogens is 1. The highest BCUT2D eigenvalue weighted by molar-refractivity contribution is 9.10. The molecule has 0 bridgehead atoms. The Balaban J connectivity index is 2.66. The number of anilines is 1. The molecule has 0 aliphatic heterocycles. The van der Waals surface area contributed by atoms with Gasteiger partial charge < -0.3 is 4.90 Å². The second-order valence-electron chi connectivity index (χ2n) is 2.69. The summed E-state index contributed by atoms with van der Waals surface area (Å²) >= 11 is 3.34. The van der Waals surface area contributed by atoms with Gasteiger partial charge in [0.25, 0.3) is 0 Å². The number of aromatic nitrogens is 1. The zero-order valence-corrected chi connectivity index (χ0v) is 8.95. The van der Waals surface area contributed by atoms with E-state index in [9.17, 15) is 0 Å². The first-order chi connectivity index (χ1) is 6.24. The van der Waals surface area contributed by atoms with Crippen LogP contribution in [0.15, 0.2) is 22.9 Å². The molecule has 3 nitrogen and oxygen atoms in total. The summed E-state index contributed by atoms with van der Waals surface area (Å²) in [6.45, 7) is 0.731. The lowest BCUT2D eigenvalue weighted by Crippen LogP contribution is -2.18. The van der Waals surface area contributed by atoms with Crippen molar-refractivity contribution in [3.8, 4) is 6.07 Å². The Hall–Kier alpha value is -1.08. The van der Waals surface area contributed by atoms with Crippen LogP contribution < -0.4 is 4.90 Å². The van der Waals surface area contributed by atoms with Gasteiger partial charge in [-0.25, -0.2) is 0 Å². The molecule has 1 heterocycles. The van der Waals surface area contributed by atoms with Gasteiger partial charge in [-0.2, -0.15) is 5.26 Å². The number of rotatable bonds is 3. The van der Waals surface area contributed by atoms with E-state index < -0.39 is 0 Å². The van der Waals surface area contributed by atoms with Crippen molar-refractivity contribution >= 4 is 21.6 Å². The zero-order chi connectivity index (χ0) is 9.68. The minimum atomic E-state index is 0.531. The molecule has 0 spiro atoms. The van der Waals surface area contributed by atoms with E-state index in [1.54, 1.807) is 12.4 Å². The van der Waals surface area contributed by atoms with Crippen molar-refractivity contribution in [2.45, 2.75) is 6.42 Å². The molecule has 0 saturated carbocycles. The summed E-state index contributed by atoms with van der Waals surface area (Å²) in [5, 5.41) is 8.42. The monoisotopic (exact) mass is 239 g/mol. The smallest absolute Gasteiger partial charge is 0.0640 e. The van der Waals surface area contributed by atoms with E-state index in [-0.39, 0.29) is 0 Å². The minimum absolute atomic E-state index is 0.531. The maximum atomic E-state index is 8.42. The van der Waals surface area contributed by atoms with Gasteiger partial charge in [-0.05, 0) is 22.0 Å². The van der Waals surface area contributed by atoms with Crippen LogP contribution in [0, 0.1) is 11.3 Å². The van der Waals surface area contributed by atoms with Crippen LogP contribution in [-0.2, 0) is 0 Å². The van der Waals surface area contributed by atoms with E-state index in [0.717, 1.165) is 16.7 Å². The summed E-state index contributed by atoms with van der Waals surface area (Å²) in [5.74, 6) is 0. The second kappa shape index (κ2) is 4.83. The summed E-state index contributed by atoms with van der Waals surface area (Å²) in [5.41, 5.74) is 1.02. The van der Waals surface area contributed by atoms with Crippen molar-refractivity contribution in [1.82, 2.24) is 4.98 Å². The van der Waals surface area contributed by atoms with Crippen LogP contribution in [0.5, 0.6) is 0 Å². The summed E-state index contributed by atoms with van der Waals surface area (Å²) < 4.78 is 0.953. The first-order valence-corrected chi connectivity index (χ1v) is 4.72. The molecule has 13 heavy (non-hydrogen) atoms. The molecule has 0 aliphatic carbocycles. The predicted octanol–water partition coefficient (Wildman–Crippen LogP) is 2.19. The third kappa shape index (κ3) is 3.03. The van der Waals surface area contributed by atoms with E-state index in [1.807, 2.05) is 18.0 Å². The summed E-state index contributed by atoms with van der Waals surface area (Å²) in [7, 11) is 1.95. The van der Waals surface area contributed by atoms with Crippen molar-refractivity contribution in [1.29, 1.82) is 5.26 Å². The highest BCUT2D eigenvalue weighted by atomic mass is 79.9. The first-order valence-electron chi connectivity index (χ1n) is 3.92. The van der Waals surface area contributed by atoms with Crippen LogP contribution in [0.1, 0.15) is 6.42 Å². The highest BCUT2D eigenvalue weighted by Crippen LogP contribution is 2.16. The molecule has 4 heteroatoms. The average molecular weight is 240 g/mol. The fourth-order valence-corrected chi connectivity index (χ4v) is 1.31. The minimum Gasteiger partial charge on any atom is -0.372 e. The van der Waals surface area contributed by atoms with Gasteiger partial charge in [-0.3, -0.25) is 4.98 Å². The summed E-state index contributed by atoms with van der Waals surface area (Å²) in [6, 6.07) is 4.09. The van der Waals surface area contributed by atoms with Crippen molar-refractivity contribution in [2.24, 2.45) is 0 Å². The lowest BCUT2D eigenvalue weighted by atomic mass is 10.3. The van der Waals surface area contributed by atoms with Crippen molar-refractivity contribution in [3.05, 3.63) is 22.9 Å². The van der Waals surface area contributed by atoms with Gasteiger partial charge in [0.15, 0.2) is 0 Å². The molecule has 1 aromatic heterocycles. The van der Waals surface area contributed by atoms with Gasteiger partial charge in [0.05, 0.1) is 24.4 Å². The molecular weight excluding hydrogens is 230 g/mol. The van der Waals surface area contributed by atoms with Gasteiger partial charge in [0.2, 0.25) is 0 Å². The first kappa shape index (κ1) is 10.0. The number of nitriles is 1. The van der Waals surface area contributed by atoms with E-state index in [2.05, 4.69) is 27.0 Å². The largest absolute Gasteiger partial charge is 0.372 e. The molecule has 0 unspecified atom stereocenters. The SMILES string of the molecule is CN(CCC#N)c1cncc(Br)c1. The number of nitrogens with zero attached hydrogens (tertiary/aromatic N) is 3. The van der Waals surface area contributed by atoms with E-state index in [1.165, 1.54) is 0 Å². The van der Waals surface area contributed by atoms with Gasteiger partial charge in [-0.15, -0.1) is 0 Å². The number of hydrogen-bond acceptors (Lipinski definition) is 3. The van der Waals surface area contributed by atoms with Crippen molar-refractivity contribution < 1.29 is 0 Å². The lowest BCUT2D eigenvalue weighted by Gasteiger charge is -2.16. The highest BCUT2D eigenvalue weighted by Gasteiger charge is 2.00. The third-order valence-corrected chi connectivity index (χ3v) is 2.12. The van der Waals surface area contributed by atoms with Crippen molar-refractivity contribution in [3.63, 3.8) is 0 Å². The van der Waals surface area contributed by atoms with Crippen LogP contribution in [0.4, 0.5) is 5.69 Å². The maximum absolute atomic E-state index is 8.42. The van der Waals surface area contributed by atoms with E-state index in [4.69, 9.17) is 5.26 Å². The van der Waals surface area contributed by atoms with Gasteiger partial charge >= 0.3 is 0 Å². The Bertz CT molecular complexity index is 319. The molecule has 0 radical (unpaired) electrons. The van der Waals surface area contributed by atoms with E-state index in [0.29, 0.717) is 6.42 Å². The number of pyridine rings is 1. The fourth-order valence-electron chi connectivity index (χ4n) is 0.956. The molecule has 68 valence electrons. The summed E-state index contributed by atoms with van der Waals surface area (Å²) in [4.78, 5) is 6.04. The molecule has 0 fully saturated rings. The second-order valence-corrected chi connectivity index (χ2v) is 3.61. The fraction of sp³-hybridized carbons (Fsp3) is 0.333. The van der Waals surface area contributed by atoms with Gasteiger partial charge in [0.1, 0.15) is 0 Å². The molecule has 0 N–H and O–H groups in total. The van der Waals surface area contributed by atoms with Gasteiger partial charge in [-0.1, -0.05) is 0 Å². The van der Waals surface area contributed by atoms with Crippen LogP contribution in [-0.4, -0.2) is 18.6 Å². The molecular formula is C9H10BrN3. The van der Waals surface area contributed by atoms with Crippen molar-refractivity contribution in [2.75, 3.05) is 18.5 Å². The Morgan fingerprint density at radius 2 is 2.38 bits per heavy atom. The summed E-state index contributed by atoms with van der Waals surface area (Å²) in [6.07, 6.45) is 4.05. The Morgan fingerprint density at radius 3 is 3.00 bits per heavy atom. The van der Waals surface area contributed by atoms with Crippen LogP contribution >= 0.6 is 15.9 Å². The van der Waals surface area contributed by atoms with Crippen LogP contribution in [0.25, 0.3) is 0 Å². The molecule has 0 amide bonds. The predicted molar refractivity (Wildman–Crippen MR) is 55.4 cm³/mol. The number of hydrogen-bond donors (Lipinski definition) is 0. The maximum Gasteiger partial charge on any atom is 0.0640 e. The van der Waals surface area contributed by atoms with Crippen LogP contribution in [0.2, 0.25) is 0 Å². The third-order valence-electron chi connectivity index (χ3n) is 1.69. The molecule has 0 atom stereocenters. The molecule has 0 saturated heterocycles. The lowest BCUT2D eigenvalue weighted by molar-refractivity contribution is 0.900. The Kier molecular flexibility index (Phi) is 3.71. The molecule has 0 aliphatic rings. The Labute approximate surface area is 86.1 Å². The topological polar surface area (TPSA) is 39.9 Å². The zero-order valence-electron chi connectivity index (χ0n) is 7.37. The quantitative estimate of drug-likeness (QED) is 0.812. The molecule has 1 aromatic rings. The Morgan fingerprint density at radius 1 is 1.62 bits per heavy atom. The molecule has 1 rings (SSSR count). The van der Waals surface area contributed by atoms with E-state index >= 15 is 0 Å². The average Bonchev–Trinajstić information content (AvgIpc) is 2.14. The normalized spacial score (nSPS) is 9.31. The van der Waals surface area contributed by atoms with Gasteiger partial charge in [0, 0.05) is 24.3 Å².